The van der Waals surface area contributed by atoms with Gasteiger partial charge in [0.25, 0.3) is 0 Å². The summed E-state index contributed by atoms with van der Waals surface area (Å²) >= 11 is 0. The average molecular weight is 333 g/mol. The number of aromatic nitrogens is 3. The summed E-state index contributed by atoms with van der Waals surface area (Å²) in [7, 11) is 1.93. The highest BCUT2D eigenvalue weighted by Crippen LogP contribution is 2.34. The highest BCUT2D eigenvalue weighted by molar-refractivity contribution is 5.79. The van der Waals surface area contributed by atoms with Gasteiger partial charge >= 0.3 is 0 Å². The molecule has 1 aromatic rings. The van der Waals surface area contributed by atoms with Crippen molar-refractivity contribution in [1.29, 1.82) is 0 Å². The van der Waals surface area contributed by atoms with Crippen molar-refractivity contribution in [2.45, 2.75) is 56.7 Å². The van der Waals surface area contributed by atoms with Crippen molar-refractivity contribution in [3.63, 3.8) is 0 Å². The van der Waals surface area contributed by atoms with E-state index in [0.717, 1.165) is 12.4 Å². The van der Waals surface area contributed by atoms with E-state index in [-0.39, 0.29) is 6.10 Å². The fourth-order valence-corrected chi connectivity index (χ4v) is 4.10. The van der Waals surface area contributed by atoms with Crippen LogP contribution in [0.25, 0.3) is 0 Å². The van der Waals surface area contributed by atoms with Crippen LogP contribution in [0.4, 0.5) is 0 Å². The zero-order chi connectivity index (χ0) is 16.5. The van der Waals surface area contributed by atoms with Crippen LogP contribution < -0.4 is 0 Å². The Hall–Kier alpha value is -1.47. The van der Waals surface area contributed by atoms with Crippen molar-refractivity contribution in [3.05, 3.63) is 12.2 Å². The second-order valence-corrected chi connectivity index (χ2v) is 7.37. The highest BCUT2D eigenvalue weighted by atomic mass is 16.5. The first-order valence-electron chi connectivity index (χ1n) is 9.21. The molecular weight excluding hydrogens is 306 g/mol. The lowest BCUT2D eigenvalue weighted by Gasteiger charge is -2.35. The molecule has 2 aliphatic carbocycles. The molecule has 24 heavy (non-hydrogen) atoms. The molecular formula is C17H27N5O2. The minimum Gasteiger partial charge on any atom is -0.368 e. The summed E-state index contributed by atoms with van der Waals surface area (Å²) in [4.78, 5) is 17.4. The van der Waals surface area contributed by atoms with Crippen LogP contribution in [0.3, 0.4) is 0 Å². The molecule has 1 amide bonds. The van der Waals surface area contributed by atoms with E-state index in [9.17, 15) is 4.79 Å². The van der Waals surface area contributed by atoms with E-state index < -0.39 is 0 Å². The molecule has 7 nitrogen and oxygen atoms in total. The Balaban J connectivity index is 1.38. The second-order valence-electron chi connectivity index (χ2n) is 7.37. The van der Waals surface area contributed by atoms with Crippen LogP contribution in [0.1, 0.15) is 50.5 Å². The number of hydrogen-bond donors (Lipinski definition) is 0. The lowest BCUT2D eigenvalue weighted by Crippen LogP contribution is -2.49. The van der Waals surface area contributed by atoms with Gasteiger partial charge in [0.15, 0.2) is 5.82 Å². The van der Waals surface area contributed by atoms with Gasteiger partial charge in [0.05, 0.1) is 13.2 Å². The van der Waals surface area contributed by atoms with Crippen LogP contribution >= 0.6 is 0 Å². The van der Waals surface area contributed by atoms with E-state index >= 15 is 0 Å². The Morgan fingerprint density at radius 3 is 2.71 bits per heavy atom. The molecule has 1 saturated heterocycles. The van der Waals surface area contributed by atoms with Crippen molar-refractivity contribution in [2.75, 3.05) is 26.2 Å². The molecule has 0 spiro atoms. The third-order valence-electron chi connectivity index (χ3n) is 5.49. The first-order valence-corrected chi connectivity index (χ1v) is 9.21. The lowest BCUT2D eigenvalue weighted by molar-refractivity contribution is -0.137. The van der Waals surface area contributed by atoms with E-state index in [1.807, 2.05) is 11.6 Å². The first-order chi connectivity index (χ1) is 11.7. The molecule has 0 aromatic carbocycles. The second kappa shape index (κ2) is 6.80. The van der Waals surface area contributed by atoms with E-state index in [0.29, 0.717) is 37.7 Å². The van der Waals surface area contributed by atoms with Crippen LogP contribution in [-0.2, 0) is 16.6 Å². The number of amides is 1. The van der Waals surface area contributed by atoms with Gasteiger partial charge in [-0.2, -0.15) is 0 Å². The smallest absolute Gasteiger partial charge is 0.237 e. The highest BCUT2D eigenvalue weighted by Gasteiger charge is 2.39. The van der Waals surface area contributed by atoms with E-state index in [2.05, 4.69) is 20.0 Å². The summed E-state index contributed by atoms with van der Waals surface area (Å²) < 4.78 is 7.74. The van der Waals surface area contributed by atoms with Crippen LogP contribution in [0.5, 0.6) is 0 Å². The first kappa shape index (κ1) is 16.0. The molecule has 1 aromatic heterocycles. The fourth-order valence-electron chi connectivity index (χ4n) is 4.10. The molecule has 7 heteroatoms. The molecule has 0 bridgehead atoms. The van der Waals surface area contributed by atoms with Crippen molar-refractivity contribution >= 4 is 5.91 Å². The third kappa shape index (κ3) is 3.32. The molecule has 2 saturated carbocycles. The van der Waals surface area contributed by atoms with Gasteiger partial charge in [-0.05, 0) is 25.7 Å². The van der Waals surface area contributed by atoms with Crippen LogP contribution in [0.2, 0.25) is 0 Å². The number of rotatable bonds is 5. The van der Waals surface area contributed by atoms with Gasteiger partial charge in [0, 0.05) is 32.2 Å². The quantitative estimate of drug-likeness (QED) is 0.808. The Morgan fingerprint density at radius 2 is 2.04 bits per heavy atom. The third-order valence-corrected chi connectivity index (χ3v) is 5.49. The predicted molar refractivity (Wildman–Crippen MR) is 88.3 cm³/mol. The maximum atomic E-state index is 13.0. The molecule has 132 valence electrons. The standard InChI is InChI=1S/C17H27N5O2/c1-20-12-18-19-17(20)15-10-21(8-9-24-15)11-16(23)22(14-6-7-14)13-4-2-3-5-13/h12-15H,2-11H2,1H3/t15-/m0/s1. The van der Waals surface area contributed by atoms with E-state index in [4.69, 9.17) is 4.74 Å². The largest absolute Gasteiger partial charge is 0.368 e. The summed E-state index contributed by atoms with van der Waals surface area (Å²) in [6.07, 6.45) is 8.89. The summed E-state index contributed by atoms with van der Waals surface area (Å²) in [5, 5.41) is 8.09. The SMILES string of the molecule is Cn1cnnc1[C@@H]1CN(CC(=O)N(C2CCCC2)C2CC2)CCO1. The number of aryl methyl sites for hydroxylation is 1. The topological polar surface area (TPSA) is 63.5 Å². The minimum atomic E-state index is -0.0973. The van der Waals surface area contributed by atoms with Crippen LogP contribution in [-0.4, -0.2) is 68.8 Å². The van der Waals surface area contributed by atoms with Crippen molar-refractivity contribution in [3.8, 4) is 0 Å². The maximum Gasteiger partial charge on any atom is 0.237 e. The monoisotopic (exact) mass is 333 g/mol. The van der Waals surface area contributed by atoms with Gasteiger partial charge in [-0.25, -0.2) is 0 Å². The molecule has 1 aliphatic heterocycles. The number of hydrogen-bond acceptors (Lipinski definition) is 5. The summed E-state index contributed by atoms with van der Waals surface area (Å²) in [5.41, 5.74) is 0. The number of carbonyl (C=O) groups is 1. The summed E-state index contributed by atoms with van der Waals surface area (Å²) in [5.74, 6) is 1.14. The Bertz CT molecular complexity index is 579. The average Bonchev–Trinajstić information content (AvgIpc) is 3.07. The minimum absolute atomic E-state index is 0.0973. The van der Waals surface area contributed by atoms with Gasteiger partial charge in [0.2, 0.25) is 5.91 Å². The van der Waals surface area contributed by atoms with Crippen molar-refractivity contribution in [1.82, 2.24) is 24.6 Å². The zero-order valence-electron chi connectivity index (χ0n) is 14.4. The predicted octanol–water partition coefficient (Wildman–Crippen LogP) is 1.12. The van der Waals surface area contributed by atoms with E-state index in [1.54, 1.807) is 6.33 Å². The van der Waals surface area contributed by atoms with Crippen LogP contribution in [0, 0.1) is 0 Å². The Labute approximate surface area is 143 Å². The normalized spacial score (nSPS) is 26.0. The molecule has 0 radical (unpaired) electrons. The molecule has 0 N–H and O–H groups in total. The summed E-state index contributed by atoms with van der Waals surface area (Å²) in [6.45, 7) is 2.66. The Morgan fingerprint density at radius 1 is 1.29 bits per heavy atom. The van der Waals surface area contributed by atoms with Gasteiger partial charge in [-0.15, -0.1) is 10.2 Å². The maximum absolute atomic E-state index is 13.0. The number of morpholine rings is 1. The lowest BCUT2D eigenvalue weighted by atomic mass is 10.2. The number of carbonyl (C=O) groups excluding carboxylic acids is 1. The number of nitrogens with zero attached hydrogens (tertiary/aromatic N) is 5. The van der Waals surface area contributed by atoms with E-state index in [1.165, 1.54) is 38.5 Å². The van der Waals surface area contributed by atoms with Gasteiger partial charge in [-0.1, -0.05) is 12.8 Å². The molecule has 0 unspecified atom stereocenters. The summed E-state index contributed by atoms with van der Waals surface area (Å²) in [6, 6.07) is 0.997. The Kier molecular flexibility index (Phi) is 4.54. The van der Waals surface area contributed by atoms with Crippen molar-refractivity contribution < 1.29 is 9.53 Å². The van der Waals surface area contributed by atoms with Gasteiger partial charge in [-0.3, -0.25) is 9.69 Å². The molecule has 1 atom stereocenters. The van der Waals surface area contributed by atoms with Crippen molar-refractivity contribution in [2.24, 2.45) is 7.05 Å². The fraction of sp³-hybridized carbons (Fsp3) is 0.824. The molecule has 4 rings (SSSR count). The molecule has 3 aliphatic rings. The molecule has 2 heterocycles. The number of ether oxygens (including phenoxy) is 1. The van der Waals surface area contributed by atoms with Crippen LogP contribution in [0.15, 0.2) is 6.33 Å². The molecule has 3 fully saturated rings. The van der Waals surface area contributed by atoms with Gasteiger partial charge in [0.1, 0.15) is 12.4 Å². The zero-order valence-corrected chi connectivity index (χ0v) is 14.4. The van der Waals surface area contributed by atoms with Gasteiger partial charge < -0.3 is 14.2 Å².